The molecule has 32 heavy (non-hydrogen) atoms. The highest BCUT2D eigenvalue weighted by atomic mass is 16.5. The molecule has 0 heterocycles. The van der Waals surface area contributed by atoms with Gasteiger partial charge in [0.05, 0.1) is 24.4 Å². The number of rotatable bonds is 14. The van der Waals surface area contributed by atoms with Crippen LogP contribution in [0.5, 0.6) is 0 Å². The molecule has 1 aromatic rings. The molecule has 0 saturated heterocycles. The van der Waals surface area contributed by atoms with Crippen molar-refractivity contribution in [2.24, 2.45) is 11.8 Å². The highest BCUT2D eigenvalue weighted by Crippen LogP contribution is 2.33. The minimum absolute atomic E-state index is 0.0881. The number of hydrogen-bond donors (Lipinski definition) is 2. The lowest BCUT2D eigenvalue weighted by Gasteiger charge is -2.16. The van der Waals surface area contributed by atoms with E-state index in [4.69, 9.17) is 4.74 Å². The van der Waals surface area contributed by atoms with Crippen molar-refractivity contribution in [2.45, 2.75) is 76.9 Å². The third-order valence-electron chi connectivity index (χ3n) is 5.96. The van der Waals surface area contributed by atoms with Crippen LogP contribution in [0.1, 0.15) is 75.1 Å². The molecule has 0 amide bonds. The fourth-order valence-electron chi connectivity index (χ4n) is 4.03. The van der Waals surface area contributed by atoms with E-state index in [-0.39, 0.29) is 30.0 Å². The van der Waals surface area contributed by atoms with Crippen molar-refractivity contribution >= 4 is 11.8 Å². The van der Waals surface area contributed by atoms with Crippen LogP contribution in [-0.4, -0.2) is 40.8 Å². The van der Waals surface area contributed by atoms with Crippen LogP contribution in [0.25, 0.3) is 0 Å². The van der Waals surface area contributed by atoms with E-state index < -0.39 is 12.2 Å². The van der Waals surface area contributed by atoms with Crippen molar-refractivity contribution in [1.82, 2.24) is 0 Å². The first-order chi connectivity index (χ1) is 15.5. The smallest absolute Gasteiger partial charge is 0.338 e. The molecule has 2 N–H and O–H groups in total. The standard InChI is InChI=1S/C27H38O5/c1-2-3-8-15-22(28)17-18-24-23(25(29)20-26(24)30)16-11-5-4-6-12-19-32-27(31)21-13-9-7-10-14-21/h5,7,9-11,13-14,17-18,22-24,26,28,30H,2-4,6,8,12,15-16,19-20H2,1H3/b11-5-,18-17+/t22-,23+,24+,26+/m0/s1. The molecule has 0 aromatic heterocycles. The molecular weight excluding hydrogens is 404 g/mol. The number of aliphatic hydroxyl groups is 2. The van der Waals surface area contributed by atoms with Crippen LogP contribution >= 0.6 is 0 Å². The molecule has 0 radical (unpaired) electrons. The summed E-state index contributed by atoms with van der Waals surface area (Å²) < 4.78 is 5.27. The van der Waals surface area contributed by atoms with Crippen LogP contribution in [-0.2, 0) is 9.53 Å². The minimum atomic E-state index is -0.667. The molecule has 5 heteroatoms. The van der Waals surface area contributed by atoms with Crippen LogP contribution in [0.2, 0.25) is 0 Å². The molecule has 2 rings (SSSR count). The van der Waals surface area contributed by atoms with E-state index in [2.05, 4.69) is 13.0 Å². The molecule has 0 aliphatic heterocycles. The van der Waals surface area contributed by atoms with Crippen molar-refractivity contribution in [2.75, 3.05) is 6.61 Å². The highest BCUT2D eigenvalue weighted by Gasteiger charge is 2.39. The number of benzene rings is 1. The number of aliphatic hydroxyl groups excluding tert-OH is 2. The molecule has 1 aromatic carbocycles. The summed E-state index contributed by atoms with van der Waals surface area (Å²) in [7, 11) is 0. The van der Waals surface area contributed by atoms with Crippen molar-refractivity contribution < 1.29 is 24.5 Å². The Morgan fingerprint density at radius 2 is 1.94 bits per heavy atom. The molecule has 0 bridgehead atoms. The molecule has 1 aliphatic rings. The minimum Gasteiger partial charge on any atom is -0.462 e. The van der Waals surface area contributed by atoms with Gasteiger partial charge >= 0.3 is 5.97 Å². The number of esters is 1. The van der Waals surface area contributed by atoms with Gasteiger partial charge in [0, 0.05) is 18.3 Å². The summed E-state index contributed by atoms with van der Waals surface area (Å²) in [6.45, 7) is 2.52. The van der Waals surface area contributed by atoms with Crippen LogP contribution in [0.15, 0.2) is 54.6 Å². The number of ether oxygens (including phenoxy) is 1. The number of carbonyl (C=O) groups excluding carboxylic acids is 2. The van der Waals surface area contributed by atoms with Gasteiger partial charge in [0.2, 0.25) is 0 Å². The molecule has 0 unspecified atom stereocenters. The zero-order valence-corrected chi connectivity index (χ0v) is 19.2. The molecule has 1 fully saturated rings. The maximum Gasteiger partial charge on any atom is 0.338 e. The quantitative estimate of drug-likeness (QED) is 0.240. The average Bonchev–Trinajstić information content (AvgIpc) is 3.06. The third kappa shape index (κ3) is 9.09. The lowest BCUT2D eigenvalue weighted by Crippen LogP contribution is -2.18. The van der Waals surface area contributed by atoms with Gasteiger partial charge in [-0.2, -0.15) is 0 Å². The van der Waals surface area contributed by atoms with E-state index in [1.807, 2.05) is 30.4 Å². The summed E-state index contributed by atoms with van der Waals surface area (Å²) >= 11 is 0. The van der Waals surface area contributed by atoms with Gasteiger partial charge in [0.25, 0.3) is 0 Å². The number of carbonyl (C=O) groups is 2. The Morgan fingerprint density at radius 3 is 2.69 bits per heavy atom. The molecule has 0 spiro atoms. The van der Waals surface area contributed by atoms with E-state index in [0.29, 0.717) is 25.0 Å². The Bertz CT molecular complexity index is 740. The molecule has 4 atom stereocenters. The molecule has 5 nitrogen and oxygen atoms in total. The summed E-state index contributed by atoms with van der Waals surface area (Å²) in [6.07, 6.45) is 13.7. The number of allylic oxidation sites excluding steroid dienone is 2. The van der Waals surface area contributed by atoms with Crippen molar-refractivity contribution in [1.29, 1.82) is 0 Å². The molecular formula is C27H38O5. The Hall–Kier alpha value is -2.24. The molecule has 176 valence electrons. The van der Waals surface area contributed by atoms with E-state index in [0.717, 1.165) is 38.5 Å². The molecule has 1 saturated carbocycles. The highest BCUT2D eigenvalue weighted by molar-refractivity contribution is 5.89. The van der Waals surface area contributed by atoms with Crippen LogP contribution in [0.4, 0.5) is 0 Å². The summed E-state index contributed by atoms with van der Waals surface area (Å²) in [5.74, 6) is -0.670. The predicted octanol–water partition coefficient (Wildman–Crippen LogP) is 5.02. The molecule has 1 aliphatic carbocycles. The number of unbranched alkanes of at least 4 members (excludes halogenated alkanes) is 4. The SMILES string of the molecule is CCCCC[C@H](O)/C=C/[C@H]1[C@H](O)CC(=O)[C@@H]1C/C=C\CCCCOC(=O)c1ccccc1. The zero-order valence-electron chi connectivity index (χ0n) is 19.2. The van der Waals surface area contributed by atoms with Gasteiger partial charge in [0.15, 0.2) is 0 Å². The van der Waals surface area contributed by atoms with E-state index in [1.165, 1.54) is 0 Å². The lowest BCUT2D eigenvalue weighted by molar-refractivity contribution is -0.121. The summed E-state index contributed by atoms with van der Waals surface area (Å²) in [6, 6.07) is 8.96. The van der Waals surface area contributed by atoms with Crippen LogP contribution < -0.4 is 0 Å². The zero-order chi connectivity index (χ0) is 23.2. The Labute approximate surface area is 192 Å². The first-order valence-corrected chi connectivity index (χ1v) is 12.0. The van der Waals surface area contributed by atoms with E-state index in [1.54, 1.807) is 18.2 Å². The normalized spacial score (nSPS) is 22.1. The largest absolute Gasteiger partial charge is 0.462 e. The van der Waals surface area contributed by atoms with Gasteiger partial charge in [0.1, 0.15) is 5.78 Å². The van der Waals surface area contributed by atoms with Crippen molar-refractivity contribution in [3.8, 4) is 0 Å². The monoisotopic (exact) mass is 442 g/mol. The topological polar surface area (TPSA) is 83.8 Å². The number of hydrogen-bond acceptors (Lipinski definition) is 5. The summed E-state index contributed by atoms with van der Waals surface area (Å²) in [5, 5.41) is 20.4. The first-order valence-electron chi connectivity index (χ1n) is 12.0. The maximum atomic E-state index is 12.3. The third-order valence-corrected chi connectivity index (χ3v) is 5.96. The van der Waals surface area contributed by atoms with Gasteiger partial charge in [-0.1, -0.05) is 68.7 Å². The van der Waals surface area contributed by atoms with Gasteiger partial charge in [-0.15, -0.1) is 0 Å². The van der Waals surface area contributed by atoms with Crippen LogP contribution in [0, 0.1) is 11.8 Å². The fourth-order valence-corrected chi connectivity index (χ4v) is 4.03. The van der Waals surface area contributed by atoms with Crippen molar-refractivity contribution in [3.63, 3.8) is 0 Å². The Morgan fingerprint density at radius 1 is 1.16 bits per heavy atom. The maximum absolute atomic E-state index is 12.3. The summed E-state index contributed by atoms with van der Waals surface area (Å²) in [5.41, 5.74) is 0.563. The Balaban J connectivity index is 1.67. The van der Waals surface area contributed by atoms with E-state index in [9.17, 15) is 19.8 Å². The second-order valence-electron chi connectivity index (χ2n) is 8.57. The van der Waals surface area contributed by atoms with Gasteiger partial charge in [-0.05, 0) is 44.2 Å². The van der Waals surface area contributed by atoms with Crippen LogP contribution in [0.3, 0.4) is 0 Å². The summed E-state index contributed by atoms with van der Waals surface area (Å²) in [4.78, 5) is 24.2. The average molecular weight is 443 g/mol. The van der Waals surface area contributed by atoms with Gasteiger partial charge < -0.3 is 14.9 Å². The Kier molecular flexibility index (Phi) is 12.0. The van der Waals surface area contributed by atoms with Gasteiger partial charge in [-0.25, -0.2) is 4.79 Å². The predicted molar refractivity (Wildman–Crippen MR) is 126 cm³/mol. The fraction of sp³-hybridized carbons (Fsp3) is 0.556. The van der Waals surface area contributed by atoms with E-state index >= 15 is 0 Å². The number of ketones is 1. The lowest BCUT2D eigenvalue weighted by atomic mass is 9.90. The first kappa shape index (κ1) is 26.0. The second-order valence-corrected chi connectivity index (χ2v) is 8.57. The second kappa shape index (κ2) is 14.8. The number of Topliss-reactive ketones (excluding diaryl/α,β-unsaturated/α-hetero) is 1. The van der Waals surface area contributed by atoms with Gasteiger partial charge in [-0.3, -0.25) is 4.79 Å². The van der Waals surface area contributed by atoms with Crippen molar-refractivity contribution in [3.05, 3.63) is 60.2 Å².